The van der Waals surface area contributed by atoms with Gasteiger partial charge in [0.15, 0.2) is 0 Å². The topological polar surface area (TPSA) is 65.4 Å². The maximum absolute atomic E-state index is 5.77. The Morgan fingerprint density at radius 3 is 2.95 bits per heavy atom. The van der Waals surface area contributed by atoms with Crippen LogP contribution in [0.25, 0.3) is 0 Å². The van der Waals surface area contributed by atoms with Crippen molar-refractivity contribution in [1.82, 2.24) is 9.78 Å². The number of para-hydroxylation sites is 2. The van der Waals surface area contributed by atoms with Crippen LogP contribution in [0.15, 0.2) is 41.7 Å². The third-order valence-electron chi connectivity index (χ3n) is 2.67. The van der Waals surface area contributed by atoms with Crippen LogP contribution in [0.3, 0.4) is 0 Å². The second-order valence-corrected chi connectivity index (χ2v) is 4.46. The molecule has 0 saturated carbocycles. The first-order valence-electron chi connectivity index (χ1n) is 6.35. The van der Waals surface area contributed by atoms with Crippen molar-refractivity contribution in [1.29, 1.82) is 0 Å². The van der Waals surface area contributed by atoms with Crippen molar-refractivity contribution >= 4 is 23.1 Å². The number of aryl methyl sites for hydroxylation is 1. The van der Waals surface area contributed by atoms with E-state index in [-0.39, 0.29) is 5.88 Å². The van der Waals surface area contributed by atoms with Crippen LogP contribution in [0.2, 0.25) is 0 Å². The lowest BCUT2D eigenvalue weighted by molar-refractivity contribution is 0.307. The highest BCUT2D eigenvalue weighted by atomic mass is 35.5. The summed E-state index contributed by atoms with van der Waals surface area (Å²) in [5.41, 5.74) is 7.34. The largest absolute Gasteiger partial charge is 0.487 e. The van der Waals surface area contributed by atoms with Crippen LogP contribution in [-0.2, 0) is 13.2 Å². The van der Waals surface area contributed by atoms with E-state index in [1.807, 2.05) is 42.1 Å². The minimum Gasteiger partial charge on any atom is -0.487 e. The van der Waals surface area contributed by atoms with Crippen molar-refractivity contribution in [3.63, 3.8) is 0 Å². The van der Waals surface area contributed by atoms with Crippen LogP contribution in [0.1, 0.15) is 12.5 Å². The summed E-state index contributed by atoms with van der Waals surface area (Å²) in [6.07, 6.45) is 3.75. The molecular formula is C14H17ClN4O. The average Bonchev–Trinajstić information content (AvgIpc) is 2.94. The lowest BCUT2D eigenvalue weighted by Crippen LogP contribution is -2.12. The van der Waals surface area contributed by atoms with Gasteiger partial charge in [0.05, 0.1) is 12.1 Å². The molecule has 0 aliphatic heterocycles. The van der Waals surface area contributed by atoms with Gasteiger partial charge in [0.2, 0.25) is 0 Å². The zero-order chi connectivity index (χ0) is 14.4. The Hall–Kier alpha value is -2.01. The number of nitrogens with zero attached hydrogens (tertiary/aromatic N) is 3. The van der Waals surface area contributed by atoms with Gasteiger partial charge in [-0.25, -0.2) is 4.99 Å². The van der Waals surface area contributed by atoms with E-state index in [1.165, 1.54) is 0 Å². The molecule has 2 N–H and O–H groups in total. The average molecular weight is 293 g/mol. The summed E-state index contributed by atoms with van der Waals surface area (Å²) in [5, 5.41) is 4.20. The van der Waals surface area contributed by atoms with Gasteiger partial charge in [0.25, 0.3) is 0 Å². The number of alkyl halides is 1. The number of rotatable bonds is 6. The maximum atomic E-state index is 5.77. The number of hydrogen-bond donors (Lipinski definition) is 1. The molecule has 0 radical (unpaired) electrons. The minimum atomic E-state index is 0.192. The van der Waals surface area contributed by atoms with Crippen molar-refractivity contribution in [2.24, 2.45) is 10.7 Å². The first kappa shape index (κ1) is 14.4. The molecule has 0 bridgehead atoms. The van der Waals surface area contributed by atoms with Crippen LogP contribution >= 0.6 is 11.6 Å². The van der Waals surface area contributed by atoms with E-state index in [1.54, 1.807) is 6.20 Å². The van der Waals surface area contributed by atoms with Crippen molar-refractivity contribution < 1.29 is 4.74 Å². The summed E-state index contributed by atoms with van der Waals surface area (Å²) in [4.78, 5) is 4.23. The summed E-state index contributed by atoms with van der Waals surface area (Å²) < 4.78 is 7.62. The van der Waals surface area contributed by atoms with Gasteiger partial charge in [0, 0.05) is 18.3 Å². The van der Waals surface area contributed by atoms with Crippen LogP contribution in [0, 0.1) is 0 Å². The van der Waals surface area contributed by atoms with Crippen LogP contribution in [-0.4, -0.2) is 21.5 Å². The standard InChI is InChI=1S/C14H17ClN4O/c1-2-19-9-11(8-17-19)10-20-13-6-4-3-5-12(13)18-14(16)7-15/h3-6,8-9H,2,7,10H2,1H3,(H2,16,18). The van der Waals surface area contributed by atoms with Crippen LogP contribution < -0.4 is 10.5 Å². The Kier molecular flexibility index (Phi) is 5.01. The molecule has 20 heavy (non-hydrogen) atoms. The van der Waals surface area contributed by atoms with Gasteiger partial charge in [0.1, 0.15) is 23.9 Å². The Labute approximate surface area is 123 Å². The molecule has 0 saturated heterocycles. The van der Waals surface area contributed by atoms with E-state index < -0.39 is 0 Å². The second kappa shape index (κ2) is 6.96. The summed E-state index contributed by atoms with van der Waals surface area (Å²) in [7, 11) is 0. The summed E-state index contributed by atoms with van der Waals surface area (Å²) in [5.74, 6) is 1.23. The zero-order valence-electron chi connectivity index (χ0n) is 11.3. The molecule has 106 valence electrons. The quantitative estimate of drug-likeness (QED) is 0.506. The van der Waals surface area contributed by atoms with Gasteiger partial charge >= 0.3 is 0 Å². The normalized spacial score (nSPS) is 11.6. The predicted octanol–water partition coefficient (Wildman–Crippen LogP) is 2.71. The highest BCUT2D eigenvalue weighted by molar-refractivity contribution is 6.28. The number of halogens is 1. The Bertz CT molecular complexity index is 594. The summed E-state index contributed by atoms with van der Waals surface area (Å²) >= 11 is 5.64. The van der Waals surface area contributed by atoms with E-state index in [2.05, 4.69) is 10.1 Å². The monoisotopic (exact) mass is 292 g/mol. The molecule has 0 unspecified atom stereocenters. The molecule has 0 aliphatic rings. The number of hydrogen-bond acceptors (Lipinski definition) is 3. The smallest absolute Gasteiger partial charge is 0.145 e. The number of nitrogens with two attached hydrogens (primary N) is 1. The van der Waals surface area contributed by atoms with Crippen molar-refractivity contribution in [2.75, 3.05) is 5.88 Å². The van der Waals surface area contributed by atoms with E-state index in [4.69, 9.17) is 22.1 Å². The minimum absolute atomic E-state index is 0.192. The molecule has 0 spiro atoms. The molecular weight excluding hydrogens is 276 g/mol. The van der Waals surface area contributed by atoms with Gasteiger partial charge in [-0.15, -0.1) is 11.6 Å². The molecule has 1 aromatic carbocycles. The van der Waals surface area contributed by atoms with Gasteiger partial charge in [-0.3, -0.25) is 4.68 Å². The van der Waals surface area contributed by atoms with E-state index in [9.17, 15) is 0 Å². The van der Waals surface area contributed by atoms with E-state index in [0.717, 1.165) is 12.1 Å². The molecule has 0 aliphatic carbocycles. The molecule has 0 atom stereocenters. The number of aromatic nitrogens is 2. The molecule has 6 heteroatoms. The molecule has 0 amide bonds. The lowest BCUT2D eigenvalue weighted by atomic mass is 10.3. The van der Waals surface area contributed by atoms with Gasteiger partial charge < -0.3 is 10.5 Å². The first-order chi connectivity index (χ1) is 9.72. The molecule has 2 rings (SSSR count). The third-order valence-corrected chi connectivity index (χ3v) is 2.95. The molecule has 1 heterocycles. The third kappa shape index (κ3) is 3.74. The lowest BCUT2D eigenvalue weighted by Gasteiger charge is -2.08. The van der Waals surface area contributed by atoms with Gasteiger partial charge in [-0.1, -0.05) is 12.1 Å². The second-order valence-electron chi connectivity index (χ2n) is 4.20. The molecule has 5 nitrogen and oxygen atoms in total. The van der Waals surface area contributed by atoms with Crippen molar-refractivity contribution in [3.8, 4) is 5.75 Å². The molecule has 2 aromatic rings. The predicted molar refractivity (Wildman–Crippen MR) is 80.7 cm³/mol. The van der Waals surface area contributed by atoms with Crippen LogP contribution in [0.4, 0.5) is 5.69 Å². The number of ether oxygens (including phenoxy) is 1. The van der Waals surface area contributed by atoms with Crippen LogP contribution in [0.5, 0.6) is 5.75 Å². The first-order valence-corrected chi connectivity index (χ1v) is 6.88. The SMILES string of the molecule is CCn1cc(COc2ccccc2N=C(N)CCl)cn1. The van der Waals surface area contributed by atoms with Gasteiger partial charge in [-0.05, 0) is 19.1 Å². The number of amidine groups is 1. The zero-order valence-corrected chi connectivity index (χ0v) is 12.0. The molecule has 1 aromatic heterocycles. The Morgan fingerprint density at radius 1 is 1.45 bits per heavy atom. The van der Waals surface area contributed by atoms with Gasteiger partial charge in [-0.2, -0.15) is 5.10 Å². The summed E-state index contributed by atoms with van der Waals surface area (Å²) in [6, 6.07) is 7.46. The van der Waals surface area contributed by atoms with Crippen molar-refractivity contribution in [2.45, 2.75) is 20.1 Å². The highest BCUT2D eigenvalue weighted by Crippen LogP contribution is 2.27. The van der Waals surface area contributed by atoms with Crippen molar-refractivity contribution in [3.05, 3.63) is 42.2 Å². The maximum Gasteiger partial charge on any atom is 0.145 e. The van der Waals surface area contributed by atoms with E-state index in [0.29, 0.717) is 23.9 Å². The highest BCUT2D eigenvalue weighted by Gasteiger charge is 2.04. The number of benzene rings is 1. The Balaban J connectivity index is 2.09. The van der Waals surface area contributed by atoms with E-state index >= 15 is 0 Å². The fraction of sp³-hybridized carbons (Fsp3) is 0.286. The fourth-order valence-electron chi connectivity index (χ4n) is 1.67. The fourth-order valence-corrected chi connectivity index (χ4v) is 1.73. The molecule has 0 fully saturated rings. The summed E-state index contributed by atoms with van der Waals surface area (Å²) in [6.45, 7) is 3.32. The number of aliphatic imine (C=N–C) groups is 1. The Morgan fingerprint density at radius 2 is 2.25 bits per heavy atom.